The second-order valence-electron chi connectivity index (χ2n) is 7.47. The minimum atomic E-state index is -0.0901. The fourth-order valence-corrected chi connectivity index (χ4v) is 3.31. The van der Waals surface area contributed by atoms with Gasteiger partial charge in [-0.05, 0) is 55.6 Å². The maximum atomic E-state index is 12.5. The van der Waals surface area contributed by atoms with Gasteiger partial charge in [0.15, 0.2) is 0 Å². The van der Waals surface area contributed by atoms with Gasteiger partial charge in [0.05, 0.1) is 11.7 Å². The van der Waals surface area contributed by atoms with Crippen LogP contribution >= 0.6 is 0 Å². The molecule has 2 aromatic carbocycles. The topological polar surface area (TPSA) is 99.9 Å². The maximum absolute atomic E-state index is 12.5. The first-order valence-electron chi connectivity index (χ1n) is 9.73. The zero-order chi connectivity index (χ0) is 21.1. The number of carbonyl (C=O) groups excluding carboxylic acids is 1. The molecule has 7 nitrogen and oxygen atoms in total. The Bertz CT molecular complexity index is 1200. The normalized spacial score (nSPS) is 11.2. The molecule has 0 aliphatic rings. The monoisotopic (exact) mass is 400 g/mol. The number of aromatic amines is 1. The number of rotatable bonds is 6. The molecule has 30 heavy (non-hydrogen) atoms. The van der Waals surface area contributed by atoms with Crippen LogP contribution in [0.3, 0.4) is 0 Å². The van der Waals surface area contributed by atoms with Gasteiger partial charge in [0.1, 0.15) is 5.82 Å². The summed E-state index contributed by atoms with van der Waals surface area (Å²) in [5, 5.41) is 11.0. The Balaban J connectivity index is 1.63. The summed E-state index contributed by atoms with van der Waals surface area (Å²) in [5.41, 5.74) is 11.4. The van der Waals surface area contributed by atoms with Crippen molar-refractivity contribution in [1.82, 2.24) is 25.4 Å². The van der Waals surface area contributed by atoms with Crippen molar-refractivity contribution in [2.75, 3.05) is 32.9 Å². The van der Waals surface area contributed by atoms with Crippen LogP contribution in [0.15, 0.2) is 60.9 Å². The summed E-state index contributed by atoms with van der Waals surface area (Å²) < 4.78 is 0. The van der Waals surface area contributed by atoms with E-state index in [-0.39, 0.29) is 5.91 Å². The van der Waals surface area contributed by atoms with E-state index in [4.69, 9.17) is 5.73 Å². The van der Waals surface area contributed by atoms with Gasteiger partial charge >= 0.3 is 0 Å². The molecule has 0 atom stereocenters. The van der Waals surface area contributed by atoms with Crippen LogP contribution in [-0.4, -0.2) is 53.2 Å². The van der Waals surface area contributed by atoms with Crippen molar-refractivity contribution < 1.29 is 4.79 Å². The molecule has 4 aromatic rings. The number of nitrogens with two attached hydrogens (primary N) is 1. The van der Waals surface area contributed by atoms with Gasteiger partial charge in [0.2, 0.25) is 0 Å². The summed E-state index contributed by atoms with van der Waals surface area (Å²) in [6.45, 7) is 1.39. The summed E-state index contributed by atoms with van der Waals surface area (Å²) in [6, 6.07) is 15.5. The second-order valence-corrected chi connectivity index (χ2v) is 7.47. The van der Waals surface area contributed by atoms with Gasteiger partial charge in [-0.25, -0.2) is 4.98 Å². The predicted octanol–water partition coefficient (Wildman–Crippen LogP) is 3.17. The Morgan fingerprint density at radius 3 is 2.77 bits per heavy atom. The number of fused-ring (bicyclic) bond motifs is 1. The standard InChI is InChI=1S/C23H24N6O/c1-29(2)9-8-25-23(30)17-5-3-4-15(10-17)18-12-20(22(24)26-13-18)16-6-7-21-19(11-16)14-27-28-21/h3-7,10-14H,8-9H2,1-2H3,(H2,24,26)(H,25,30)(H,27,28). The van der Waals surface area contributed by atoms with E-state index in [1.54, 1.807) is 12.4 Å². The summed E-state index contributed by atoms with van der Waals surface area (Å²) in [5.74, 6) is 0.368. The Morgan fingerprint density at radius 2 is 1.93 bits per heavy atom. The molecule has 2 heterocycles. The molecule has 1 amide bonds. The maximum Gasteiger partial charge on any atom is 0.251 e. The van der Waals surface area contributed by atoms with Crippen molar-refractivity contribution >= 4 is 22.6 Å². The lowest BCUT2D eigenvalue weighted by atomic mass is 9.99. The minimum absolute atomic E-state index is 0.0901. The van der Waals surface area contributed by atoms with Gasteiger partial charge in [0.25, 0.3) is 5.91 Å². The summed E-state index contributed by atoms with van der Waals surface area (Å²) >= 11 is 0. The summed E-state index contributed by atoms with van der Waals surface area (Å²) in [4.78, 5) is 18.9. The van der Waals surface area contributed by atoms with Crippen molar-refractivity contribution in [3.8, 4) is 22.3 Å². The van der Waals surface area contributed by atoms with Gasteiger partial charge in [-0.2, -0.15) is 5.10 Å². The van der Waals surface area contributed by atoms with Crippen LogP contribution in [0, 0.1) is 0 Å². The highest BCUT2D eigenvalue weighted by atomic mass is 16.1. The van der Waals surface area contributed by atoms with Crippen LogP contribution in [0.5, 0.6) is 0 Å². The zero-order valence-corrected chi connectivity index (χ0v) is 17.0. The van der Waals surface area contributed by atoms with Crippen LogP contribution in [-0.2, 0) is 0 Å². The molecule has 0 saturated heterocycles. The predicted molar refractivity (Wildman–Crippen MR) is 120 cm³/mol. The number of anilines is 1. The van der Waals surface area contributed by atoms with Crippen LogP contribution in [0.1, 0.15) is 10.4 Å². The first kappa shape index (κ1) is 19.6. The third-order valence-corrected chi connectivity index (χ3v) is 4.97. The molecule has 0 radical (unpaired) electrons. The van der Waals surface area contributed by atoms with Gasteiger partial charge in [0, 0.05) is 41.4 Å². The fourth-order valence-electron chi connectivity index (χ4n) is 3.31. The second kappa shape index (κ2) is 8.34. The van der Waals surface area contributed by atoms with Crippen molar-refractivity contribution in [3.63, 3.8) is 0 Å². The Hall–Kier alpha value is -3.71. The van der Waals surface area contributed by atoms with E-state index in [1.807, 2.05) is 67.5 Å². The van der Waals surface area contributed by atoms with E-state index in [0.29, 0.717) is 17.9 Å². The molecule has 7 heteroatoms. The first-order chi connectivity index (χ1) is 14.5. The number of carbonyl (C=O) groups is 1. The van der Waals surface area contributed by atoms with E-state index >= 15 is 0 Å². The first-order valence-corrected chi connectivity index (χ1v) is 9.73. The third-order valence-electron chi connectivity index (χ3n) is 4.97. The highest BCUT2D eigenvalue weighted by Gasteiger charge is 2.11. The lowest BCUT2D eigenvalue weighted by Crippen LogP contribution is -2.31. The molecule has 0 saturated carbocycles. The molecule has 152 valence electrons. The highest BCUT2D eigenvalue weighted by Crippen LogP contribution is 2.31. The Labute approximate surface area is 174 Å². The van der Waals surface area contributed by atoms with E-state index in [0.717, 1.165) is 39.7 Å². The van der Waals surface area contributed by atoms with Gasteiger partial charge < -0.3 is 16.0 Å². The Kier molecular flexibility index (Phi) is 5.45. The zero-order valence-electron chi connectivity index (χ0n) is 17.0. The van der Waals surface area contributed by atoms with Crippen molar-refractivity contribution in [3.05, 3.63) is 66.5 Å². The van der Waals surface area contributed by atoms with Crippen LogP contribution < -0.4 is 11.1 Å². The minimum Gasteiger partial charge on any atom is -0.383 e. The number of H-pyrrole nitrogens is 1. The number of benzene rings is 2. The van der Waals surface area contributed by atoms with Gasteiger partial charge in [-0.3, -0.25) is 9.89 Å². The average molecular weight is 400 g/mol. The molecular formula is C23H24N6O. The number of aromatic nitrogens is 3. The van der Waals surface area contributed by atoms with Crippen LogP contribution in [0.25, 0.3) is 33.2 Å². The smallest absolute Gasteiger partial charge is 0.251 e. The van der Waals surface area contributed by atoms with Crippen molar-refractivity contribution in [2.45, 2.75) is 0 Å². The SMILES string of the molecule is CN(C)CCNC(=O)c1cccc(-c2cnc(N)c(-c3ccc4[nH]ncc4c3)c2)c1. The van der Waals surface area contributed by atoms with Gasteiger partial charge in [-0.1, -0.05) is 18.2 Å². The highest BCUT2D eigenvalue weighted by molar-refractivity contribution is 5.95. The average Bonchev–Trinajstić information content (AvgIpc) is 3.22. The number of nitrogens with zero attached hydrogens (tertiary/aromatic N) is 3. The molecular weight excluding hydrogens is 376 g/mol. The van der Waals surface area contributed by atoms with Crippen molar-refractivity contribution in [1.29, 1.82) is 0 Å². The van der Waals surface area contributed by atoms with Crippen LogP contribution in [0.2, 0.25) is 0 Å². The van der Waals surface area contributed by atoms with E-state index < -0.39 is 0 Å². The molecule has 0 spiro atoms. The molecule has 0 fully saturated rings. The van der Waals surface area contributed by atoms with E-state index in [9.17, 15) is 4.79 Å². The van der Waals surface area contributed by atoms with E-state index in [1.165, 1.54) is 0 Å². The number of likely N-dealkylation sites (N-methyl/N-ethyl adjacent to an activating group) is 1. The Morgan fingerprint density at radius 1 is 1.07 bits per heavy atom. The van der Waals surface area contributed by atoms with Gasteiger partial charge in [-0.15, -0.1) is 0 Å². The quantitative estimate of drug-likeness (QED) is 0.462. The largest absolute Gasteiger partial charge is 0.383 e. The van der Waals surface area contributed by atoms with E-state index in [2.05, 4.69) is 20.5 Å². The van der Waals surface area contributed by atoms with Crippen LogP contribution in [0.4, 0.5) is 5.82 Å². The number of hydrogen-bond acceptors (Lipinski definition) is 5. The summed E-state index contributed by atoms with van der Waals surface area (Å²) in [6.07, 6.45) is 3.52. The molecule has 0 bridgehead atoms. The molecule has 0 aliphatic carbocycles. The van der Waals surface area contributed by atoms with Crippen molar-refractivity contribution in [2.24, 2.45) is 0 Å². The number of nitrogen functional groups attached to an aromatic ring is 1. The lowest BCUT2D eigenvalue weighted by Gasteiger charge is -2.12. The number of amides is 1. The third kappa shape index (κ3) is 4.16. The molecule has 4 N–H and O–H groups in total. The molecule has 0 unspecified atom stereocenters. The molecule has 4 rings (SSSR count). The molecule has 2 aromatic heterocycles. The number of pyridine rings is 1. The fraction of sp³-hybridized carbons (Fsp3) is 0.174. The lowest BCUT2D eigenvalue weighted by molar-refractivity contribution is 0.0951. The molecule has 0 aliphatic heterocycles. The summed E-state index contributed by atoms with van der Waals surface area (Å²) in [7, 11) is 3.95. The number of hydrogen-bond donors (Lipinski definition) is 3. The number of nitrogens with one attached hydrogen (secondary N) is 2.